The van der Waals surface area contributed by atoms with Gasteiger partial charge in [0, 0.05) is 23.7 Å². The Morgan fingerprint density at radius 1 is 1.14 bits per heavy atom. The Bertz CT molecular complexity index is 1140. The second kappa shape index (κ2) is 11.2. The fourth-order valence-electron chi connectivity index (χ4n) is 3.97. The van der Waals surface area contributed by atoms with E-state index in [2.05, 4.69) is 6.92 Å². The smallest absolute Gasteiger partial charge is 0.294 e. The summed E-state index contributed by atoms with van der Waals surface area (Å²) in [7, 11) is 1.54. The van der Waals surface area contributed by atoms with E-state index in [1.165, 1.54) is 7.11 Å². The molecule has 0 saturated carbocycles. The van der Waals surface area contributed by atoms with Crippen LogP contribution in [0.1, 0.15) is 30.9 Å². The average Bonchev–Trinajstić information content (AvgIpc) is 3.11. The number of benzene rings is 2. The number of hydrogen-bond donors (Lipinski definition) is 0. The lowest BCUT2D eigenvalue weighted by molar-refractivity contribution is -0.136. The maximum atomic E-state index is 13.0. The first-order valence-electron chi connectivity index (χ1n) is 11.4. The van der Waals surface area contributed by atoms with Crippen LogP contribution in [0.2, 0.25) is 5.02 Å². The SMILES string of the molecule is COc1cccc(/C=C2/SC(=O)N(CC(=O)N3CCC(C)CC3)C2=O)c1OCc1ccc(Cl)cc1. The molecule has 0 atom stereocenters. The number of halogens is 1. The molecule has 0 aliphatic carbocycles. The van der Waals surface area contributed by atoms with Crippen LogP contribution in [0, 0.1) is 5.92 Å². The van der Waals surface area contributed by atoms with E-state index in [4.69, 9.17) is 21.1 Å². The summed E-state index contributed by atoms with van der Waals surface area (Å²) in [5.74, 6) is 0.855. The predicted octanol–water partition coefficient (Wildman–Crippen LogP) is 5.22. The Labute approximate surface area is 214 Å². The second-order valence-corrected chi connectivity index (χ2v) is 10.1. The molecule has 2 aliphatic rings. The zero-order valence-electron chi connectivity index (χ0n) is 19.7. The first kappa shape index (κ1) is 25.1. The Hall–Kier alpha value is -2.97. The van der Waals surface area contributed by atoms with Gasteiger partial charge in [-0.15, -0.1) is 0 Å². The molecule has 2 aromatic carbocycles. The van der Waals surface area contributed by atoms with Crippen molar-refractivity contribution < 1.29 is 23.9 Å². The van der Waals surface area contributed by atoms with Crippen LogP contribution in [0.4, 0.5) is 4.79 Å². The fraction of sp³-hybridized carbons (Fsp3) is 0.346. The molecule has 9 heteroatoms. The Kier molecular flexibility index (Phi) is 8.03. The summed E-state index contributed by atoms with van der Waals surface area (Å²) in [6.07, 6.45) is 3.47. The van der Waals surface area contributed by atoms with Gasteiger partial charge >= 0.3 is 0 Å². The number of carbonyl (C=O) groups is 3. The van der Waals surface area contributed by atoms with Gasteiger partial charge in [-0.2, -0.15) is 0 Å². The molecule has 0 spiro atoms. The summed E-state index contributed by atoms with van der Waals surface area (Å²) in [6, 6.07) is 12.6. The summed E-state index contributed by atoms with van der Waals surface area (Å²) in [5.41, 5.74) is 1.51. The molecule has 184 valence electrons. The summed E-state index contributed by atoms with van der Waals surface area (Å²) in [4.78, 5) is 41.3. The van der Waals surface area contributed by atoms with Gasteiger partial charge in [-0.25, -0.2) is 0 Å². The van der Waals surface area contributed by atoms with Crippen molar-refractivity contribution in [3.63, 3.8) is 0 Å². The van der Waals surface area contributed by atoms with Crippen molar-refractivity contribution in [3.8, 4) is 11.5 Å². The summed E-state index contributed by atoms with van der Waals surface area (Å²) < 4.78 is 11.5. The maximum Gasteiger partial charge on any atom is 0.294 e. The van der Waals surface area contributed by atoms with E-state index >= 15 is 0 Å². The van der Waals surface area contributed by atoms with Gasteiger partial charge in [0.05, 0.1) is 12.0 Å². The molecule has 2 fully saturated rings. The lowest BCUT2D eigenvalue weighted by Gasteiger charge is -2.31. The Morgan fingerprint density at radius 2 is 1.86 bits per heavy atom. The summed E-state index contributed by atoms with van der Waals surface area (Å²) >= 11 is 6.78. The number of amides is 3. The van der Waals surface area contributed by atoms with Gasteiger partial charge in [0.15, 0.2) is 11.5 Å². The van der Waals surface area contributed by atoms with Crippen molar-refractivity contribution in [2.24, 2.45) is 5.92 Å². The molecule has 0 bridgehead atoms. The molecule has 2 aliphatic heterocycles. The number of carbonyl (C=O) groups excluding carboxylic acids is 3. The molecule has 0 aromatic heterocycles. The molecule has 35 heavy (non-hydrogen) atoms. The van der Waals surface area contributed by atoms with E-state index < -0.39 is 11.1 Å². The van der Waals surface area contributed by atoms with Gasteiger partial charge < -0.3 is 14.4 Å². The van der Waals surface area contributed by atoms with Crippen LogP contribution >= 0.6 is 23.4 Å². The number of imide groups is 1. The standard InChI is InChI=1S/C26H27ClN2O5S/c1-17-10-12-28(13-11-17)23(30)15-29-25(31)22(35-26(29)32)14-19-4-3-5-21(33-2)24(19)34-16-18-6-8-20(27)9-7-18/h3-9,14,17H,10-13,15-16H2,1-2H3/b22-14+. The minimum Gasteiger partial charge on any atom is -0.493 e. The highest BCUT2D eigenvalue weighted by molar-refractivity contribution is 8.18. The van der Waals surface area contributed by atoms with Gasteiger partial charge in [0.25, 0.3) is 11.1 Å². The first-order valence-corrected chi connectivity index (χ1v) is 12.6. The van der Waals surface area contributed by atoms with Gasteiger partial charge in [0.1, 0.15) is 13.2 Å². The van der Waals surface area contributed by atoms with Crippen LogP contribution in [-0.2, 0) is 16.2 Å². The molecule has 2 heterocycles. The van der Waals surface area contributed by atoms with Gasteiger partial charge in [-0.05, 0) is 60.4 Å². The zero-order chi connectivity index (χ0) is 24.9. The molecule has 0 unspecified atom stereocenters. The molecule has 4 rings (SSSR count). The minimum atomic E-state index is -0.481. The summed E-state index contributed by atoms with van der Waals surface area (Å²) in [6.45, 7) is 3.50. The highest BCUT2D eigenvalue weighted by Crippen LogP contribution is 2.38. The third-order valence-corrected chi connectivity index (χ3v) is 7.27. The highest BCUT2D eigenvalue weighted by atomic mass is 35.5. The van der Waals surface area contributed by atoms with Crippen molar-refractivity contribution in [1.82, 2.24) is 9.80 Å². The van der Waals surface area contributed by atoms with Gasteiger partial charge in [0.2, 0.25) is 5.91 Å². The number of methoxy groups -OCH3 is 1. The molecule has 2 aromatic rings. The largest absolute Gasteiger partial charge is 0.493 e. The predicted molar refractivity (Wildman–Crippen MR) is 136 cm³/mol. The molecule has 3 amide bonds. The molecule has 0 radical (unpaired) electrons. The number of hydrogen-bond acceptors (Lipinski definition) is 6. The normalized spacial score (nSPS) is 17.9. The lowest BCUT2D eigenvalue weighted by Crippen LogP contribution is -2.45. The van der Waals surface area contributed by atoms with Crippen LogP contribution in [0.15, 0.2) is 47.4 Å². The zero-order valence-corrected chi connectivity index (χ0v) is 21.2. The quantitative estimate of drug-likeness (QED) is 0.471. The van der Waals surface area contributed by atoms with Gasteiger partial charge in [-0.3, -0.25) is 19.3 Å². The molecular formula is C26H27ClN2O5S. The van der Waals surface area contributed by atoms with Crippen LogP contribution in [0.5, 0.6) is 11.5 Å². The second-order valence-electron chi connectivity index (χ2n) is 8.62. The monoisotopic (exact) mass is 514 g/mol. The van der Waals surface area contributed by atoms with E-state index in [9.17, 15) is 14.4 Å². The van der Waals surface area contributed by atoms with E-state index in [-0.39, 0.29) is 24.0 Å². The van der Waals surface area contributed by atoms with Gasteiger partial charge in [-0.1, -0.05) is 42.8 Å². The third kappa shape index (κ3) is 6.00. The molecular weight excluding hydrogens is 488 g/mol. The molecule has 2 saturated heterocycles. The number of ether oxygens (including phenoxy) is 2. The third-order valence-electron chi connectivity index (χ3n) is 6.12. The van der Waals surface area contributed by atoms with E-state index in [0.29, 0.717) is 41.1 Å². The number of thioether (sulfide) groups is 1. The fourth-order valence-corrected chi connectivity index (χ4v) is 4.92. The van der Waals surface area contributed by atoms with E-state index in [0.717, 1.165) is 35.1 Å². The number of likely N-dealkylation sites (tertiary alicyclic amines) is 1. The van der Waals surface area contributed by atoms with Crippen LogP contribution in [0.25, 0.3) is 6.08 Å². The maximum absolute atomic E-state index is 13.0. The summed E-state index contributed by atoms with van der Waals surface area (Å²) in [5, 5.41) is 0.183. The molecule has 7 nitrogen and oxygen atoms in total. The minimum absolute atomic E-state index is 0.200. The van der Waals surface area contributed by atoms with Crippen LogP contribution in [-0.4, -0.2) is 53.6 Å². The lowest BCUT2D eigenvalue weighted by atomic mass is 9.99. The van der Waals surface area contributed by atoms with Crippen molar-refractivity contribution >= 4 is 46.5 Å². The topological polar surface area (TPSA) is 76.2 Å². The first-order chi connectivity index (χ1) is 16.9. The Morgan fingerprint density at radius 3 is 2.54 bits per heavy atom. The average molecular weight is 515 g/mol. The van der Waals surface area contributed by atoms with Crippen molar-refractivity contribution in [1.29, 1.82) is 0 Å². The number of para-hydroxylation sites is 1. The van der Waals surface area contributed by atoms with Crippen LogP contribution in [0.3, 0.4) is 0 Å². The van der Waals surface area contributed by atoms with Crippen molar-refractivity contribution in [2.75, 3.05) is 26.7 Å². The van der Waals surface area contributed by atoms with E-state index in [1.807, 2.05) is 12.1 Å². The number of piperidine rings is 1. The van der Waals surface area contributed by atoms with E-state index in [1.54, 1.807) is 41.3 Å². The Balaban J connectivity index is 1.50. The number of rotatable bonds is 7. The number of nitrogens with zero attached hydrogens (tertiary/aromatic N) is 2. The van der Waals surface area contributed by atoms with Crippen molar-refractivity contribution in [2.45, 2.75) is 26.4 Å². The molecule has 0 N–H and O–H groups in total. The van der Waals surface area contributed by atoms with Crippen LogP contribution < -0.4 is 9.47 Å². The highest BCUT2D eigenvalue weighted by Gasteiger charge is 2.37. The van der Waals surface area contributed by atoms with Crippen molar-refractivity contribution in [3.05, 3.63) is 63.5 Å².